The molecule has 0 saturated carbocycles. The molecule has 0 fully saturated rings. The first kappa shape index (κ1) is 17.2. The Labute approximate surface area is 157 Å². The van der Waals surface area contributed by atoms with Crippen LogP contribution < -0.4 is 0 Å². The first-order valence-corrected chi connectivity index (χ1v) is 9.52. The third-order valence-corrected chi connectivity index (χ3v) is 5.55. The minimum absolute atomic E-state index is 0.144. The van der Waals surface area contributed by atoms with Crippen molar-refractivity contribution in [2.75, 3.05) is 6.54 Å². The lowest BCUT2D eigenvalue weighted by Gasteiger charge is -2.33. The Bertz CT molecular complexity index is 958. The number of aromatic amines is 2. The lowest BCUT2D eigenvalue weighted by Crippen LogP contribution is -2.44. The summed E-state index contributed by atoms with van der Waals surface area (Å²) in [5.74, 6) is 0.144. The number of H-pyrrole nitrogens is 2. The zero-order valence-electron chi connectivity index (χ0n) is 15.1. The highest BCUT2D eigenvalue weighted by molar-refractivity contribution is 6.31. The minimum atomic E-state index is 0.144. The van der Waals surface area contributed by atoms with Crippen LogP contribution in [0.25, 0.3) is 10.9 Å². The van der Waals surface area contributed by atoms with Crippen LogP contribution >= 0.6 is 11.6 Å². The molecule has 0 spiro atoms. The maximum atomic E-state index is 12.9. The summed E-state index contributed by atoms with van der Waals surface area (Å²) >= 11 is 6.20. The maximum absolute atomic E-state index is 12.9. The lowest BCUT2D eigenvalue weighted by atomic mass is 9.90. The Balaban J connectivity index is 1.57. The van der Waals surface area contributed by atoms with E-state index in [4.69, 9.17) is 11.6 Å². The van der Waals surface area contributed by atoms with Gasteiger partial charge in [0.15, 0.2) is 0 Å². The van der Waals surface area contributed by atoms with Gasteiger partial charge in [-0.15, -0.1) is 0 Å². The fourth-order valence-corrected chi connectivity index (χ4v) is 4.27. The largest absolute Gasteiger partial charge is 0.358 e. The highest BCUT2D eigenvalue weighted by atomic mass is 35.5. The number of likely N-dealkylation sites (N-methyl/N-ethyl adjacent to an activating group) is 1. The summed E-state index contributed by atoms with van der Waals surface area (Å²) in [5, 5.41) is 9.04. The molecule has 1 amide bonds. The van der Waals surface area contributed by atoms with Gasteiger partial charge in [-0.3, -0.25) is 9.89 Å². The quantitative estimate of drug-likeness (QED) is 0.733. The van der Waals surface area contributed by atoms with Gasteiger partial charge in [0, 0.05) is 39.9 Å². The number of nitrogens with one attached hydrogen (secondary N) is 2. The van der Waals surface area contributed by atoms with Gasteiger partial charge in [-0.2, -0.15) is 5.10 Å². The second-order valence-corrected chi connectivity index (χ2v) is 7.50. The average Bonchev–Trinajstić information content (AvgIpc) is 3.18. The minimum Gasteiger partial charge on any atom is -0.358 e. The van der Waals surface area contributed by atoms with Gasteiger partial charge in [0.1, 0.15) is 0 Å². The number of hydrogen-bond donors (Lipinski definition) is 2. The predicted octanol–water partition coefficient (Wildman–Crippen LogP) is 3.80. The van der Waals surface area contributed by atoms with Crippen molar-refractivity contribution >= 4 is 28.4 Å². The SMILES string of the molecule is CCN(C(=O)Cc1cc(C)[nH]n1)C1CCc2[nH]c3ccc(Cl)cc3c2C1. The van der Waals surface area contributed by atoms with Gasteiger partial charge in [-0.1, -0.05) is 11.6 Å². The molecule has 1 atom stereocenters. The highest BCUT2D eigenvalue weighted by Gasteiger charge is 2.29. The fraction of sp³-hybridized carbons (Fsp3) is 0.400. The van der Waals surface area contributed by atoms with Crippen molar-refractivity contribution in [3.63, 3.8) is 0 Å². The molecule has 2 aromatic heterocycles. The Hall–Kier alpha value is -2.27. The summed E-state index contributed by atoms with van der Waals surface area (Å²) < 4.78 is 0. The molecular weight excluding hydrogens is 348 g/mol. The van der Waals surface area contributed by atoms with Gasteiger partial charge >= 0.3 is 0 Å². The number of aromatic nitrogens is 3. The number of rotatable bonds is 4. The van der Waals surface area contributed by atoms with Gasteiger partial charge in [0.2, 0.25) is 5.91 Å². The molecule has 5 nitrogen and oxygen atoms in total. The second-order valence-electron chi connectivity index (χ2n) is 7.07. The van der Waals surface area contributed by atoms with E-state index >= 15 is 0 Å². The zero-order valence-corrected chi connectivity index (χ0v) is 15.9. The zero-order chi connectivity index (χ0) is 18.3. The molecule has 2 N–H and O–H groups in total. The molecule has 4 rings (SSSR count). The van der Waals surface area contributed by atoms with Crippen LogP contribution in [0.5, 0.6) is 0 Å². The normalized spacial score (nSPS) is 16.7. The molecule has 3 aromatic rings. The number of aryl methyl sites for hydroxylation is 2. The summed E-state index contributed by atoms with van der Waals surface area (Å²) in [5.41, 5.74) is 5.50. The molecule has 1 aliphatic rings. The van der Waals surface area contributed by atoms with Crippen LogP contribution in [0.2, 0.25) is 5.02 Å². The molecule has 1 unspecified atom stereocenters. The average molecular weight is 371 g/mol. The number of fused-ring (bicyclic) bond motifs is 3. The lowest BCUT2D eigenvalue weighted by molar-refractivity contribution is -0.132. The molecule has 1 aromatic carbocycles. The highest BCUT2D eigenvalue weighted by Crippen LogP contribution is 2.32. The fourth-order valence-electron chi connectivity index (χ4n) is 4.10. The van der Waals surface area contributed by atoms with Crippen LogP contribution in [0.3, 0.4) is 0 Å². The van der Waals surface area contributed by atoms with E-state index < -0.39 is 0 Å². The maximum Gasteiger partial charge on any atom is 0.228 e. The Morgan fingerprint density at radius 3 is 2.96 bits per heavy atom. The van der Waals surface area contributed by atoms with Crippen molar-refractivity contribution < 1.29 is 4.79 Å². The monoisotopic (exact) mass is 370 g/mol. The van der Waals surface area contributed by atoms with E-state index in [1.54, 1.807) is 0 Å². The number of halogens is 1. The van der Waals surface area contributed by atoms with E-state index in [0.29, 0.717) is 13.0 Å². The summed E-state index contributed by atoms with van der Waals surface area (Å²) in [6, 6.07) is 8.13. The summed E-state index contributed by atoms with van der Waals surface area (Å²) in [4.78, 5) is 18.4. The number of carbonyl (C=O) groups is 1. The van der Waals surface area contributed by atoms with Gasteiger partial charge in [0.05, 0.1) is 12.1 Å². The Morgan fingerprint density at radius 1 is 1.38 bits per heavy atom. The van der Waals surface area contributed by atoms with E-state index in [1.807, 2.05) is 36.1 Å². The molecule has 0 bridgehead atoms. The van der Waals surface area contributed by atoms with Crippen molar-refractivity contribution in [3.8, 4) is 0 Å². The molecule has 6 heteroatoms. The van der Waals surface area contributed by atoms with Crippen LogP contribution in [0.15, 0.2) is 24.3 Å². The molecule has 1 aliphatic carbocycles. The van der Waals surface area contributed by atoms with Crippen LogP contribution in [0, 0.1) is 6.92 Å². The topological polar surface area (TPSA) is 64.8 Å². The van der Waals surface area contributed by atoms with Crippen molar-refractivity contribution in [1.82, 2.24) is 20.1 Å². The van der Waals surface area contributed by atoms with Crippen molar-refractivity contribution in [3.05, 3.63) is 51.9 Å². The van der Waals surface area contributed by atoms with Crippen LogP contribution in [0.4, 0.5) is 0 Å². The van der Waals surface area contributed by atoms with Crippen molar-refractivity contribution in [1.29, 1.82) is 0 Å². The van der Waals surface area contributed by atoms with Crippen molar-refractivity contribution in [2.24, 2.45) is 0 Å². The smallest absolute Gasteiger partial charge is 0.228 e. The third-order valence-electron chi connectivity index (χ3n) is 5.32. The van der Waals surface area contributed by atoms with E-state index in [-0.39, 0.29) is 11.9 Å². The molecular formula is C20H23ClN4O. The number of nitrogens with zero attached hydrogens (tertiary/aromatic N) is 2. The van der Waals surface area contributed by atoms with E-state index in [9.17, 15) is 4.79 Å². The molecule has 2 heterocycles. The number of carbonyl (C=O) groups excluding carboxylic acids is 1. The third kappa shape index (κ3) is 3.12. The van der Waals surface area contributed by atoms with E-state index in [2.05, 4.69) is 22.1 Å². The summed E-state index contributed by atoms with van der Waals surface area (Å²) in [6.45, 7) is 4.71. The Kier molecular flexibility index (Phi) is 4.49. The second kappa shape index (κ2) is 6.80. The number of hydrogen-bond acceptors (Lipinski definition) is 2. The molecule has 26 heavy (non-hydrogen) atoms. The van der Waals surface area contributed by atoms with Gasteiger partial charge < -0.3 is 9.88 Å². The number of benzene rings is 1. The predicted molar refractivity (Wildman–Crippen MR) is 104 cm³/mol. The van der Waals surface area contributed by atoms with Crippen LogP contribution in [-0.4, -0.2) is 38.6 Å². The first-order valence-electron chi connectivity index (χ1n) is 9.14. The van der Waals surface area contributed by atoms with Crippen LogP contribution in [0.1, 0.15) is 36.0 Å². The number of amides is 1. The Morgan fingerprint density at radius 2 is 2.23 bits per heavy atom. The van der Waals surface area contributed by atoms with Gasteiger partial charge in [0.25, 0.3) is 0 Å². The first-order chi connectivity index (χ1) is 12.5. The summed E-state index contributed by atoms with van der Waals surface area (Å²) in [7, 11) is 0. The molecule has 0 saturated heterocycles. The molecule has 136 valence electrons. The van der Waals surface area contributed by atoms with E-state index in [1.165, 1.54) is 16.6 Å². The van der Waals surface area contributed by atoms with Gasteiger partial charge in [-0.25, -0.2) is 0 Å². The van der Waals surface area contributed by atoms with E-state index in [0.717, 1.165) is 41.2 Å². The molecule has 0 radical (unpaired) electrons. The standard InChI is InChI=1S/C20H23ClN4O/c1-3-25(20(26)10-14-8-12(2)23-24-14)15-5-7-19-17(11-15)16-9-13(21)4-6-18(16)22-19/h4,6,8-9,15,22H,3,5,7,10-11H2,1-2H3,(H,23,24). The van der Waals surface area contributed by atoms with Crippen molar-refractivity contribution in [2.45, 2.75) is 45.6 Å². The summed E-state index contributed by atoms with van der Waals surface area (Å²) in [6.07, 6.45) is 3.15. The molecule has 0 aliphatic heterocycles. The van der Waals surface area contributed by atoms with Crippen LogP contribution in [-0.2, 0) is 24.1 Å². The van der Waals surface area contributed by atoms with Gasteiger partial charge in [-0.05, 0) is 62.9 Å².